The molecule has 1 aliphatic rings. The monoisotopic (exact) mass is 314 g/mol. The van der Waals surface area contributed by atoms with E-state index in [2.05, 4.69) is 32.8 Å². The molecule has 7 heteroatoms. The van der Waals surface area contributed by atoms with Crippen LogP contribution in [-0.2, 0) is 0 Å². The van der Waals surface area contributed by atoms with E-state index in [1.165, 1.54) is 10.3 Å². The number of piperazine rings is 1. The number of thiophene rings is 1. The van der Waals surface area contributed by atoms with E-state index in [-0.39, 0.29) is 19.0 Å². The minimum Gasteiger partial charge on any atom is -0.395 e. The molecule has 3 rings (SSSR count). The molecule has 2 aromatic heterocycles. The quantitative estimate of drug-likeness (QED) is 0.931. The Morgan fingerprint density at radius 3 is 2.70 bits per heavy atom. The topological polar surface area (TPSA) is 52.5 Å². The maximum Gasteiger partial charge on any atom is 0.140 e. The molecule has 0 saturated carbocycles. The SMILES string of the molecule is Cc1cc2c(N3CCN(CCO)CC3)ncnc2s1.Cl. The van der Waals surface area contributed by atoms with Crippen LogP contribution in [0, 0.1) is 6.92 Å². The summed E-state index contributed by atoms with van der Waals surface area (Å²) in [6.45, 7) is 6.99. The predicted molar refractivity (Wildman–Crippen MR) is 85.1 cm³/mol. The van der Waals surface area contributed by atoms with E-state index < -0.39 is 0 Å². The van der Waals surface area contributed by atoms with Crippen molar-refractivity contribution in [2.24, 2.45) is 0 Å². The first-order valence-corrected chi connectivity index (χ1v) is 7.39. The van der Waals surface area contributed by atoms with E-state index in [1.807, 2.05) is 0 Å². The van der Waals surface area contributed by atoms with Gasteiger partial charge in [0.25, 0.3) is 0 Å². The predicted octanol–water partition coefficient (Wildman–Crippen LogP) is 1.54. The Labute approximate surface area is 128 Å². The van der Waals surface area contributed by atoms with E-state index in [9.17, 15) is 0 Å². The van der Waals surface area contributed by atoms with Crippen LogP contribution in [0.15, 0.2) is 12.4 Å². The van der Waals surface area contributed by atoms with Crippen molar-refractivity contribution in [3.63, 3.8) is 0 Å². The summed E-state index contributed by atoms with van der Waals surface area (Å²) in [6, 6.07) is 2.18. The fraction of sp³-hybridized carbons (Fsp3) is 0.538. The van der Waals surface area contributed by atoms with Crippen molar-refractivity contribution in [3.05, 3.63) is 17.3 Å². The first-order valence-electron chi connectivity index (χ1n) is 6.57. The van der Waals surface area contributed by atoms with Gasteiger partial charge in [-0.1, -0.05) is 0 Å². The maximum absolute atomic E-state index is 8.97. The lowest BCUT2D eigenvalue weighted by atomic mass is 10.2. The van der Waals surface area contributed by atoms with Crippen LogP contribution in [0.1, 0.15) is 4.88 Å². The van der Waals surface area contributed by atoms with Crippen LogP contribution in [0.25, 0.3) is 10.2 Å². The van der Waals surface area contributed by atoms with Gasteiger partial charge in [-0.15, -0.1) is 23.7 Å². The summed E-state index contributed by atoms with van der Waals surface area (Å²) in [5.74, 6) is 1.05. The Hall–Kier alpha value is -0.950. The van der Waals surface area contributed by atoms with E-state index in [0.717, 1.165) is 43.4 Å². The average Bonchev–Trinajstić information content (AvgIpc) is 2.80. The van der Waals surface area contributed by atoms with Crippen molar-refractivity contribution in [2.45, 2.75) is 6.92 Å². The standard InChI is InChI=1S/C13H18N4OS.ClH/c1-10-8-11-12(14-9-15-13(11)19-10)17-4-2-16(3-5-17)6-7-18;/h8-9,18H,2-7H2,1H3;1H. The van der Waals surface area contributed by atoms with Gasteiger partial charge in [0.15, 0.2) is 0 Å². The Bertz CT molecular complexity index is 568. The normalized spacial score (nSPS) is 16.4. The van der Waals surface area contributed by atoms with Gasteiger partial charge in [0.05, 0.1) is 12.0 Å². The minimum atomic E-state index is 0. The highest BCUT2D eigenvalue weighted by atomic mass is 35.5. The van der Waals surface area contributed by atoms with Crippen LogP contribution in [0.3, 0.4) is 0 Å². The largest absolute Gasteiger partial charge is 0.395 e. The van der Waals surface area contributed by atoms with Gasteiger partial charge in [-0.3, -0.25) is 4.90 Å². The van der Waals surface area contributed by atoms with E-state index in [0.29, 0.717) is 0 Å². The lowest BCUT2D eigenvalue weighted by Crippen LogP contribution is -2.47. The van der Waals surface area contributed by atoms with Gasteiger partial charge < -0.3 is 10.0 Å². The molecule has 0 bridgehead atoms. The average molecular weight is 315 g/mol. The molecule has 0 atom stereocenters. The van der Waals surface area contributed by atoms with Gasteiger partial charge in [0.1, 0.15) is 17.0 Å². The number of nitrogens with zero attached hydrogens (tertiary/aromatic N) is 4. The number of hydrogen-bond donors (Lipinski definition) is 1. The number of β-amino-alcohol motifs (C(OH)–C–C–N with tert-alkyl or cyclic N) is 1. The van der Waals surface area contributed by atoms with Crippen molar-refractivity contribution < 1.29 is 5.11 Å². The molecule has 1 saturated heterocycles. The third-order valence-electron chi connectivity index (χ3n) is 3.52. The van der Waals surface area contributed by atoms with Crippen LogP contribution in [0.2, 0.25) is 0 Å². The first-order chi connectivity index (χ1) is 9.28. The third kappa shape index (κ3) is 3.03. The number of aliphatic hydroxyl groups excluding tert-OH is 1. The number of aryl methyl sites for hydroxylation is 1. The lowest BCUT2D eigenvalue weighted by Gasteiger charge is -2.35. The summed E-state index contributed by atoms with van der Waals surface area (Å²) < 4.78 is 0. The summed E-state index contributed by atoms with van der Waals surface area (Å²) in [4.78, 5) is 15.8. The zero-order valence-corrected chi connectivity index (χ0v) is 13.1. The Morgan fingerprint density at radius 2 is 2.00 bits per heavy atom. The van der Waals surface area contributed by atoms with Crippen LogP contribution < -0.4 is 4.90 Å². The minimum absolute atomic E-state index is 0. The summed E-state index contributed by atoms with van der Waals surface area (Å²) in [5, 5.41) is 10.1. The number of fused-ring (bicyclic) bond motifs is 1. The third-order valence-corrected chi connectivity index (χ3v) is 4.48. The van der Waals surface area contributed by atoms with Crippen LogP contribution >= 0.6 is 23.7 Å². The number of anilines is 1. The second-order valence-electron chi connectivity index (χ2n) is 4.83. The number of aromatic nitrogens is 2. The van der Waals surface area contributed by atoms with Gasteiger partial charge >= 0.3 is 0 Å². The molecule has 0 aromatic carbocycles. The number of hydrogen-bond acceptors (Lipinski definition) is 6. The van der Waals surface area contributed by atoms with Crippen molar-refractivity contribution in [1.29, 1.82) is 0 Å². The van der Waals surface area contributed by atoms with E-state index in [1.54, 1.807) is 17.7 Å². The number of halogens is 1. The highest BCUT2D eigenvalue weighted by Crippen LogP contribution is 2.30. The number of rotatable bonds is 3. The Balaban J connectivity index is 0.00000147. The molecule has 1 N–H and O–H groups in total. The molecule has 0 radical (unpaired) electrons. The lowest BCUT2D eigenvalue weighted by molar-refractivity contribution is 0.188. The molecule has 0 amide bonds. The van der Waals surface area contributed by atoms with Crippen molar-refractivity contribution in [1.82, 2.24) is 14.9 Å². The summed E-state index contributed by atoms with van der Waals surface area (Å²) in [6.07, 6.45) is 1.66. The number of aliphatic hydroxyl groups is 1. The molecule has 2 aromatic rings. The highest BCUT2D eigenvalue weighted by molar-refractivity contribution is 7.18. The molecular formula is C13H19ClN4OS. The fourth-order valence-corrected chi connectivity index (χ4v) is 3.38. The van der Waals surface area contributed by atoms with Crippen LogP contribution in [0.4, 0.5) is 5.82 Å². The van der Waals surface area contributed by atoms with Crippen LogP contribution in [0.5, 0.6) is 0 Å². The van der Waals surface area contributed by atoms with Gasteiger partial charge in [-0.2, -0.15) is 0 Å². The molecule has 5 nitrogen and oxygen atoms in total. The van der Waals surface area contributed by atoms with Crippen molar-refractivity contribution in [2.75, 3.05) is 44.2 Å². The maximum atomic E-state index is 8.97. The van der Waals surface area contributed by atoms with Crippen molar-refractivity contribution in [3.8, 4) is 0 Å². The van der Waals surface area contributed by atoms with E-state index in [4.69, 9.17) is 5.11 Å². The summed E-state index contributed by atoms with van der Waals surface area (Å²) in [7, 11) is 0. The molecule has 1 fully saturated rings. The molecule has 110 valence electrons. The summed E-state index contributed by atoms with van der Waals surface area (Å²) >= 11 is 1.72. The zero-order chi connectivity index (χ0) is 13.2. The fourth-order valence-electron chi connectivity index (χ4n) is 2.54. The van der Waals surface area contributed by atoms with Crippen LogP contribution in [-0.4, -0.2) is 59.3 Å². The van der Waals surface area contributed by atoms with Gasteiger partial charge in [-0.25, -0.2) is 9.97 Å². The molecule has 0 spiro atoms. The second-order valence-corrected chi connectivity index (χ2v) is 6.06. The molecule has 0 aliphatic carbocycles. The van der Waals surface area contributed by atoms with Gasteiger partial charge in [-0.05, 0) is 13.0 Å². The Kier molecular flexibility index (Phi) is 5.15. The smallest absolute Gasteiger partial charge is 0.140 e. The summed E-state index contributed by atoms with van der Waals surface area (Å²) in [5.41, 5.74) is 0. The molecule has 3 heterocycles. The molecular weight excluding hydrogens is 296 g/mol. The molecule has 20 heavy (non-hydrogen) atoms. The zero-order valence-electron chi connectivity index (χ0n) is 11.4. The Morgan fingerprint density at radius 1 is 1.25 bits per heavy atom. The molecule has 0 unspecified atom stereocenters. The highest BCUT2D eigenvalue weighted by Gasteiger charge is 2.20. The first kappa shape index (κ1) is 15.4. The molecule has 1 aliphatic heterocycles. The second kappa shape index (κ2) is 6.67. The van der Waals surface area contributed by atoms with E-state index >= 15 is 0 Å². The van der Waals surface area contributed by atoms with Crippen molar-refractivity contribution >= 4 is 39.8 Å². The van der Waals surface area contributed by atoms with Gasteiger partial charge in [0.2, 0.25) is 0 Å². The van der Waals surface area contributed by atoms with Gasteiger partial charge in [0, 0.05) is 37.6 Å².